The van der Waals surface area contributed by atoms with Crippen LogP contribution in [0.1, 0.15) is 149 Å². The molecule has 0 fully saturated rings. The van der Waals surface area contributed by atoms with Crippen LogP contribution >= 0.6 is 0 Å². The number of carboxylic acid groups (broad SMARTS) is 1. The predicted molar refractivity (Wildman–Crippen MR) is 176 cm³/mol. The fraction of sp³-hybridized carbons (Fsp3) is 0.861. The molecule has 0 aromatic heterocycles. The molecule has 0 saturated heterocycles. The van der Waals surface area contributed by atoms with Crippen molar-refractivity contribution in [1.82, 2.24) is 0 Å². The predicted octanol–water partition coefficient (Wildman–Crippen LogP) is 7.07. The van der Waals surface area contributed by atoms with E-state index in [-0.39, 0.29) is 36.7 Å². The number of likely N-dealkylation sites (N-methyl/N-ethyl adjacent to an activating group) is 1. The van der Waals surface area contributed by atoms with Crippen LogP contribution in [0.3, 0.4) is 0 Å². The molecule has 258 valence electrons. The highest BCUT2D eigenvalue weighted by atomic mass is 16.6. The highest BCUT2D eigenvalue weighted by Gasteiger charge is 2.25. The zero-order chi connectivity index (χ0) is 32.9. The van der Waals surface area contributed by atoms with Gasteiger partial charge in [-0.3, -0.25) is 9.59 Å². The molecular weight excluding hydrogens is 558 g/mol. The monoisotopic (exact) mass is 625 g/mol. The topological polar surface area (TPSA) is 102 Å². The first-order valence-electron chi connectivity index (χ1n) is 17.7. The normalized spacial score (nSPS) is 13.2. The van der Waals surface area contributed by atoms with E-state index in [1.807, 2.05) is 0 Å². The lowest BCUT2D eigenvalue weighted by molar-refractivity contribution is -0.889. The van der Waals surface area contributed by atoms with Crippen molar-refractivity contribution in [1.29, 1.82) is 0 Å². The van der Waals surface area contributed by atoms with E-state index >= 15 is 0 Å². The van der Waals surface area contributed by atoms with Crippen molar-refractivity contribution in [2.45, 2.75) is 161 Å². The van der Waals surface area contributed by atoms with Crippen LogP contribution in [-0.2, 0) is 28.6 Å². The summed E-state index contributed by atoms with van der Waals surface area (Å²) in [6, 6.07) is -0.717. The molecule has 2 unspecified atom stereocenters. The number of ether oxygens (including phenoxy) is 3. The number of rotatable bonds is 31. The van der Waals surface area contributed by atoms with Crippen molar-refractivity contribution in [2.75, 3.05) is 41.0 Å². The first-order chi connectivity index (χ1) is 21.1. The summed E-state index contributed by atoms with van der Waals surface area (Å²) in [4.78, 5) is 35.0. The van der Waals surface area contributed by atoms with E-state index in [4.69, 9.17) is 14.2 Å². The Bertz CT molecular complexity index is 747. The lowest BCUT2D eigenvalue weighted by Gasteiger charge is -2.34. The highest BCUT2D eigenvalue weighted by molar-refractivity contribution is 5.70. The van der Waals surface area contributed by atoms with Gasteiger partial charge in [0.25, 0.3) is 0 Å². The molecule has 0 heterocycles. The summed E-state index contributed by atoms with van der Waals surface area (Å²) in [6.45, 7) is 3.68. The minimum absolute atomic E-state index is 0.0333. The molecule has 0 saturated carbocycles. The average Bonchev–Trinajstić information content (AvgIpc) is 2.95. The maximum Gasteiger partial charge on any atom is 0.306 e. The van der Waals surface area contributed by atoms with E-state index in [2.05, 4.69) is 19.1 Å². The van der Waals surface area contributed by atoms with Crippen molar-refractivity contribution in [2.24, 2.45) is 0 Å². The number of nitrogens with zero attached hydrogens (tertiary/aromatic N) is 1. The lowest BCUT2D eigenvalue weighted by Crippen LogP contribution is -2.55. The summed E-state index contributed by atoms with van der Waals surface area (Å²) in [5, 5.41) is 11.4. The maximum atomic E-state index is 12.3. The number of carboxylic acids is 1. The molecule has 0 rings (SSSR count). The minimum Gasteiger partial charge on any atom is -0.544 e. The Kier molecular flexibility index (Phi) is 27.3. The maximum absolute atomic E-state index is 12.3. The van der Waals surface area contributed by atoms with Crippen molar-refractivity contribution < 1.29 is 38.2 Å². The van der Waals surface area contributed by atoms with Crippen LogP contribution < -0.4 is 5.11 Å². The third kappa shape index (κ3) is 27.6. The van der Waals surface area contributed by atoms with Crippen LogP contribution in [0.5, 0.6) is 0 Å². The minimum atomic E-state index is -1.13. The van der Waals surface area contributed by atoms with Crippen LogP contribution in [-0.4, -0.2) is 75.5 Å². The van der Waals surface area contributed by atoms with Gasteiger partial charge in [-0.05, 0) is 32.1 Å². The molecule has 8 heteroatoms. The van der Waals surface area contributed by atoms with E-state index in [0.29, 0.717) is 6.42 Å². The van der Waals surface area contributed by atoms with E-state index in [0.717, 1.165) is 19.3 Å². The Hall–Kier alpha value is -1.93. The molecule has 0 radical (unpaired) electrons. The fourth-order valence-corrected chi connectivity index (χ4v) is 5.20. The molecule has 0 spiro atoms. The number of allylic oxidation sites excluding steroid dienone is 2. The molecule has 0 amide bonds. The Labute approximate surface area is 269 Å². The lowest BCUT2D eigenvalue weighted by atomic mass is 10.1. The fourth-order valence-electron chi connectivity index (χ4n) is 5.20. The van der Waals surface area contributed by atoms with E-state index in [9.17, 15) is 19.5 Å². The second kappa shape index (κ2) is 28.5. The average molecular weight is 626 g/mol. The SMILES string of the molecule is CCCCCCCCCC/C=C\CCCCCCCCCCCC(=O)OC(COCCC(C(=O)[O-])[N+](C)(C)C)COC(C)=O. The Balaban J connectivity index is 3.82. The third-order valence-corrected chi connectivity index (χ3v) is 7.96. The molecule has 0 aliphatic heterocycles. The van der Waals surface area contributed by atoms with Gasteiger partial charge in [-0.1, -0.05) is 109 Å². The number of esters is 2. The summed E-state index contributed by atoms with van der Waals surface area (Å²) in [5.41, 5.74) is 0. The summed E-state index contributed by atoms with van der Waals surface area (Å²) in [7, 11) is 5.35. The van der Waals surface area contributed by atoms with Crippen LogP contribution in [0.25, 0.3) is 0 Å². The number of carbonyl (C=O) groups excluding carboxylic acids is 3. The van der Waals surface area contributed by atoms with Gasteiger partial charge in [-0.15, -0.1) is 0 Å². The standard InChI is InChI=1S/C36H67NO7/c1-6-7-8-9-10-11-12-13-14-15-16-17-18-19-20-21-22-23-24-25-26-27-35(39)44-33(31-43-32(2)38)30-42-29-28-34(36(40)41)37(3,4)5/h15-16,33-34H,6-14,17-31H2,1-5H3/b16-15-. The number of aliphatic carboxylic acids is 1. The van der Waals surface area contributed by atoms with Gasteiger partial charge >= 0.3 is 11.9 Å². The largest absolute Gasteiger partial charge is 0.544 e. The Morgan fingerprint density at radius 1 is 0.705 bits per heavy atom. The number of hydrogen-bond donors (Lipinski definition) is 0. The van der Waals surface area contributed by atoms with E-state index in [1.165, 1.54) is 110 Å². The molecular formula is C36H67NO7. The molecule has 0 N–H and O–H groups in total. The van der Waals surface area contributed by atoms with Gasteiger partial charge < -0.3 is 28.6 Å². The molecule has 0 aromatic carbocycles. The van der Waals surface area contributed by atoms with Crippen molar-refractivity contribution in [3.63, 3.8) is 0 Å². The number of carbonyl (C=O) groups is 3. The van der Waals surface area contributed by atoms with Gasteiger partial charge in [0.2, 0.25) is 0 Å². The first kappa shape index (κ1) is 42.1. The molecule has 0 aliphatic rings. The first-order valence-corrected chi connectivity index (χ1v) is 17.7. The Morgan fingerprint density at radius 2 is 1.18 bits per heavy atom. The van der Waals surface area contributed by atoms with Crippen LogP contribution in [0.4, 0.5) is 0 Å². The van der Waals surface area contributed by atoms with Crippen LogP contribution in [0.2, 0.25) is 0 Å². The summed E-state index contributed by atoms with van der Waals surface area (Å²) < 4.78 is 16.3. The van der Waals surface area contributed by atoms with Crippen LogP contribution in [0.15, 0.2) is 12.2 Å². The molecule has 0 aliphatic carbocycles. The molecule has 0 aromatic rings. The summed E-state index contributed by atoms with van der Waals surface area (Å²) in [6.07, 6.45) is 28.6. The molecule has 8 nitrogen and oxygen atoms in total. The molecule has 44 heavy (non-hydrogen) atoms. The van der Waals surface area contributed by atoms with Gasteiger partial charge in [0.1, 0.15) is 12.6 Å². The second-order valence-electron chi connectivity index (χ2n) is 13.2. The van der Waals surface area contributed by atoms with Crippen molar-refractivity contribution in [3.05, 3.63) is 12.2 Å². The zero-order valence-corrected chi connectivity index (χ0v) is 29.1. The second-order valence-corrected chi connectivity index (χ2v) is 13.2. The van der Waals surface area contributed by atoms with Crippen molar-refractivity contribution in [3.8, 4) is 0 Å². The van der Waals surface area contributed by atoms with Crippen LogP contribution in [0, 0.1) is 0 Å². The van der Waals surface area contributed by atoms with Gasteiger partial charge in [0.15, 0.2) is 6.10 Å². The van der Waals surface area contributed by atoms with E-state index in [1.54, 1.807) is 21.1 Å². The smallest absolute Gasteiger partial charge is 0.306 e. The van der Waals surface area contributed by atoms with Gasteiger partial charge in [0, 0.05) is 19.8 Å². The van der Waals surface area contributed by atoms with Gasteiger partial charge in [-0.25, -0.2) is 0 Å². The van der Waals surface area contributed by atoms with Crippen molar-refractivity contribution >= 4 is 17.9 Å². The molecule has 0 bridgehead atoms. The zero-order valence-electron chi connectivity index (χ0n) is 29.1. The highest BCUT2D eigenvalue weighted by Crippen LogP contribution is 2.14. The van der Waals surface area contributed by atoms with Gasteiger partial charge in [0.05, 0.1) is 40.3 Å². The number of unbranched alkanes of at least 4 members (excludes halogenated alkanes) is 17. The molecule has 2 atom stereocenters. The number of hydrogen-bond acceptors (Lipinski definition) is 7. The summed E-state index contributed by atoms with van der Waals surface area (Å²) in [5.74, 6) is -1.93. The quantitative estimate of drug-likeness (QED) is 0.0351. The number of quaternary nitrogens is 1. The van der Waals surface area contributed by atoms with E-state index < -0.39 is 24.1 Å². The summed E-state index contributed by atoms with van der Waals surface area (Å²) >= 11 is 0. The Morgan fingerprint density at radius 3 is 1.64 bits per heavy atom. The van der Waals surface area contributed by atoms with Gasteiger partial charge in [-0.2, -0.15) is 0 Å². The third-order valence-electron chi connectivity index (χ3n) is 7.96.